The zero-order valence-corrected chi connectivity index (χ0v) is 12.2. The summed E-state index contributed by atoms with van der Waals surface area (Å²) in [6.07, 6.45) is -4.17. The molecule has 112 valence electrons. The third-order valence-corrected chi connectivity index (χ3v) is 3.53. The summed E-state index contributed by atoms with van der Waals surface area (Å²) in [7, 11) is 0. The van der Waals surface area contributed by atoms with E-state index in [1.807, 2.05) is 0 Å². The third-order valence-electron chi connectivity index (χ3n) is 3.04. The Balaban J connectivity index is 2.12. The van der Waals surface area contributed by atoms with Crippen LogP contribution in [-0.4, -0.2) is 0 Å². The monoisotopic (exact) mass is 364 g/mol. The van der Waals surface area contributed by atoms with Gasteiger partial charge in [-0.05, 0) is 48.2 Å². The average molecular weight is 365 g/mol. The molecule has 0 saturated carbocycles. The van der Waals surface area contributed by atoms with Crippen molar-refractivity contribution in [3.63, 3.8) is 0 Å². The fourth-order valence-corrected chi connectivity index (χ4v) is 2.28. The molecule has 2 rings (SSSR count). The zero-order chi connectivity index (χ0) is 15.6. The van der Waals surface area contributed by atoms with E-state index in [4.69, 9.17) is 0 Å². The van der Waals surface area contributed by atoms with Crippen molar-refractivity contribution in [2.45, 2.75) is 19.0 Å². The topological polar surface area (TPSA) is 0 Å². The van der Waals surface area contributed by atoms with Crippen molar-refractivity contribution >= 4 is 15.9 Å². The Kier molecular flexibility index (Phi) is 4.66. The molecular weight excluding hydrogens is 355 g/mol. The Morgan fingerprint density at radius 2 is 1.57 bits per heavy atom. The largest absolute Gasteiger partial charge is 0.419 e. The van der Waals surface area contributed by atoms with Crippen LogP contribution in [0.2, 0.25) is 0 Å². The Labute approximate surface area is 126 Å². The van der Waals surface area contributed by atoms with Crippen molar-refractivity contribution in [1.82, 2.24) is 0 Å². The standard InChI is InChI=1S/C15H10BrF5/c16-11-5-4-10(13(17)8-11)3-1-9-2-6-12(14(18)7-9)15(19,20)21/h2,4-8H,1,3H2. The molecule has 0 nitrogen and oxygen atoms in total. The number of halogens is 6. The summed E-state index contributed by atoms with van der Waals surface area (Å²) >= 11 is 3.13. The van der Waals surface area contributed by atoms with Crippen molar-refractivity contribution in [1.29, 1.82) is 0 Å². The number of rotatable bonds is 3. The van der Waals surface area contributed by atoms with E-state index in [1.165, 1.54) is 12.1 Å². The number of hydrogen-bond acceptors (Lipinski definition) is 0. The van der Waals surface area contributed by atoms with Crippen LogP contribution in [0.15, 0.2) is 40.9 Å². The van der Waals surface area contributed by atoms with Gasteiger partial charge in [0.15, 0.2) is 0 Å². The zero-order valence-electron chi connectivity index (χ0n) is 10.6. The quantitative estimate of drug-likeness (QED) is 0.628. The lowest BCUT2D eigenvalue weighted by molar-refractivity contribution is -0.140. The predicted molar refractivity (Wildman–Crippen MR) is 72.9 cm³/mol. The van der Waals surface area contributed by atoms with Gasteiger partial charge in [0.25, 0.3) is 0 Å². The van der Waals surface area contributed by atoms with Gasteiger partial charge in [0, 0.05) is 4.47 Å². The van der Waals surface area contributed by atoms with Crippen LogP contribution < -0.4 is 0 Å². The summed E-state index contributed by atoms with van der Waals surface area (Å²) in [5.41, 5.74) is -0.470. The van der Waals surface area contributed by atoms with Crippen LogP contribution in [0.4, 0.5) is 22.0 Å². The summed E-state index contributed by atoms with van der Waals surface area (Å²) in [6, 6.07) is 7.33. The highest BCUT2D eigenvalue weighted by atomic mass is 79.9. The van der Waals surface area contributed by atoms with Gasteiger partial charge in [-0.1, -0.05) is 28.1 Å². The number of alkyl halides is 3. The van der Waals surface area contributed by atoms with Gasteiger partial charge < -0.3 is 0 Å². The SMILES string of the molecule is Fc1cc(Br)ccc1CCc1ccc(C(F)(F)F)c(F)c1. The summed E-state index contributed by atoms with van der Waals surface area (Å²) in [5.74, 6) is -1.71. The minimum Gasteiger partial charge on any atom is -0.207 e. The molecule has 0 aliphatic carbocycles. The Morgan fingerprint density at radius 1 is 0.857 bits per heavy atom. The molecule has 0 radical (unpaired) electrons. The van der Waals surface area contributed by atoms with Crippen LogP contribution in [0.3, 0.4) is 0 Å². The minimum absolute atomic E-state index is 0.258. The van der Waals surface area contributed by atoms with Crippen LogP contribution in [0.1, 0.15) is 16.7 Å². The van der Waals surface area contributed by atoms with Crippen LogP contribution >= 0.6 is 15.9 Å². The van der Waals surface area contributed by atoms with Crippen molar-refractivity contribution in [3.8, 4) is 0 Å². The van der Waals surface area contributed by atoms with Crippen molar-refractivity contribution in [2.24, 2.45) is 0 Å². The molecule has 6 heteroatoms. The number of benzene rings is 2. The first kappa shape index (κ1) is 15.9. The molecule has 0 aromatic heterocycles. The van der Waals surface area contributed by atoms with Gasteiger partial charge in [0.2, 0.25) is 0 Å². The molecular formula is C15H10BrF5. The summed E-state index contributed by atoms with van der Waals surface area (Å²) in [5, 5.41) is 0. The highest BCUT2D eigenvalue weighted by molar-refractivity contribution is 9.10. The molecule has 0 amide bonds. The maximum atomic E-state index is 13.6. The molecule has 0 spiro atoms. The van der Waals surface area contributed by atoms with E-state index < -0.39 is 23.4 Å². The predicted octanol–water partition coefficient (Wildman–Crippen LogP) is 5.53. The lowest BCUT2D eigenvalue weighted by atomic mass is 10.0. The van der Waals surface area contributed by atoms with E-state index in [-0.39, 0.29) is 12.8 Å². The molecule has 0 N–H and O–H groups in total. The first-order valence-electron chi connectivity index (χ1n) is 6.07. The smallest absolute Gasteiger partial charge is 0.207 e. The summed E-state index contributed by atoms with van der Waals surface area (Å²) in [4.78, 5) is 0. The second-order valence-corrected chi connectivity index (χ2v) is 5.46. The average Bonchev–Trinajstić information content (AvgIpc) is 2.36. The number of aryl methyl sites for hydroxylation is 2. The second-order valence-electron chi connectivity index (χ2n) is 4.55. The van der Waals surface area contributed by atoms with E-state index in [0.717, 1.165) is 6.07 Å². The van der Waals surface area contributed by atoms with Gasteiger partial charge in [-0.25, -0.2) is 8.78 Å². The van der Waals surface area contributed by atoms with E-state index in [1.54, 1.807) is 12.1 Å². The maximum absolute atomic E-state index is 13.6. The Morgan fingerprint density at radius 3 is 2.14 bits per heavy atom. The van der Waals surface area contributed by atoms with Crippen molar-refractivity contribution < 1.29 is 22.0 Å². The third kappa shape index (κ3) is 4.03. The van der Waals surface area contributed by atoms with Crippen LogP contribution in [0.5, 0.6) is 0 Å². The maximum Gasteiger partial charge on any atom is 0.419 e. The lowest BCUT2D eigenvalue weighted by Gasteiger charge is -2.09. The van der Waals surface area contributed by atoms with Gasteiger partial charge in [0.1, 0.15) is 11.6 Å². The first-order chi connectivity index (χ1) is 9.77. The van der Waals surface area contributed by atoms with Crippen LogP contribution in [0.25, 0.3) is 0 Å². The molecule has 2 aromatic rings. The second kappa shape index (κ2) is 6.13. The molecule has 0 bridgehead atoms. The van der Waals surface area contributed by atoms with Crippen LogP contribution in [0, 0.1) is 11.6 Å². The molecule has 2 aromatic carbocycles. The molecule has 21 heavy (non-hydrogen) atoms. The Bertz CT molecular complexity index is 649. The van der Waals surface area contributed by atoms with E-state index in [0.29, 0.717) is 21.7 Å². The first-order valence-corrected chi connectivity index (χ1v) is 6.86. The van der Waals surface area contributed by atoms with Gasteiger partial charge in [0.05, 0.1) is 5.56 Å². The molecule has 0 atom stereocenters. The van der Waals surface area contributed by atoms with Crippen LogP contribution in [-0.2, 0) is 19.0 Å². The van der Waals surface area contributed by atoms with Gasteiger partial charge in [-0.3, -0.25) is 0 Å². The fourth-order valence-electron chi connectivity index (χ4n) is 1.95. The molecule has 0 heterocycles. The van der Waals surface area contributed by atoms with Gasteiger partial charge in [-0.2, -0.15) is 13.2 Å². The fraction of sp³-hybridized carbons (Fsp3) is 0.200. The Hall–Kier alpha value is -1.43. The lowest BCUT2D eigenvalue weighted by Crippen LogP contribution is -2.08. The van der Waals surface area contributed by atoms with E-state index in [2.05, 4.69) is 15.9 Å². The molecule has 0 saturated heterocycles. The molecule has 0 aliphatic heterocycles. The molecule has 0 fully saturated rings. The molecule has 0 aliphatic rings. The highest BCUT2D eigenvalue weighted by Gasteiger charge is 2.33. The summed E-state index contributed by atoms with van der Waals surface area (Å²) < 4.78 is 64.9. The highest BCUT2D eigenvalue weighted by Crippen LogP contribution is 2.31. The van der Waals surface area contributed by atoms with Crippen molar-refractivity contribution in [2.75, 3.05) is 0 Å². The number of hydrogen-bond donors (Lipinski definition) is 0. The normalized spacial score (nSPS) is 11.7. The summed E-state index contributed by atoms with van der Waals surface area (Å²) in [6.45, 7) is 0. The molecule has 0 unspecified atom stereocenters. The van der Waals surface area contributed by atoms with E-state index >= 15 is 0 Å². The van der Waals surface area contributed by atoms with E-state index in [9.17, 15) is 22.0 Å². The van der Waals surface area contributed by atoms with Gasteiger partial charge in [-0.15, -0.1) is 0 Å². The minimum atomic E-state index is -4.71. The van der Waals surface area contributed by atoms with Crippen molar-refractivity contribution in [3.05, 3.63) is 69.2 Å². The van der Waals surface area contributed by atoms with Gasteiger partial charge >= 0.3 is 6.18 Å².